The molecule has 0 saturated carbocycles. The molecular weight excluding hydrogens is 444 g/mol. The second-order valence-electron chi connectivity index (χ2n) is 6.77. The highest BCUT2D eigenvalue weighted by Gasteiger charge is 2.22. The van der Waals surface area contributed by atoms with Crippen LogP contribution in [0.3, 0.4) is 0 Å². The summed E-state index contributed by atoms with van der Waals surface area (Å²) in [7, 11) is -3.38. The normalized spacial score (nSPS) is 11.6. The lowest BCUT2D eigenvalue weighted by molar-refractivity contribution is 0.0695. The van der Waals surface area contributed by atoms with Gasteiger partial charge in [-0.1, -0.05) is 0 Å². The van der Waals surface area contributed by atoms with E-state index in [2.05, 4.69) is 9.82 Å². The standard InChI is InChI=1S/C19H16N4O6S2/c1-31(28,29)21-12-2-4-13(5-3-12)23-10-11(8-20-23)9-22-14-6-7-30-17(14)15(19(26)27)16(24)18(22)25/h2-8,10,21,24H,9H2,1H3,(H,26,27). The third-order valence-electron chi connectivity index (χ3n) is 4.47. The zero-order valence-corrected chi connectivity index (χ0v) is 17.6. The van der Waals surface area contributed by atoms with E-state index in [9.17, 15) is 28.2 Å². The monoisotopic (exact) mass is 460 g/mol. The summed E-state index contributed by atoms with van der Waals surface area (Å²) < 4.78 is 28.2. The van der Waals surface area contributed by atoms with Gasteiger partial charge < -0.3 is 10.2 Å². The molecule has 1 aromatic carbocycles. The van der Waals surface area contributed by atoms with E-state index in [1.54, 1.807) is 52.8 Å². The predicted molar refractivity (Wildman–Crippen MR) is 116 cm³/mol. The van der Waals surface area contributed by atoms with Gasteiger partial charge in [-0.15, -0.1) is 11.3 Å². The van der Waals surface area contributed by atoms with Crippen LogP contribution in [0.4, 0.5) is 5.69 Å². The number of aromatic hydroxyl groups is 1. The van der Waals surface area contributed by atoms with E-state index in [1.165, 1.54) is 4.57 Å². The Bertz CT molecular complexity index is 1470. The molecule has 160 valence electrons. The third kappa shape index (κ3) is 4.02. The van der Waals surface area contributed by atoms with Crippen LogP contribution in [0.25, 0.3) is 15.9 Å². The number of hydrogen-bond acceptors (Lipinski definition) is 7. The second-order valence-corrected chi connectivity index (χ2v) is 9.43. The number of nitrogens with zero attached hydrogens (tertiary/aromatic N) is 3. The van der Waals surface area contributed by atoms with Crippen molar-refractivity contribution in [2.45, 2.75) is 6.54 Å². The fourth-order valence-electron chi connectivity index (χ4n) is 3.17. The average Bonchev–Trinajstić information content (AvgIpc) is 3.34. The summed E-state index contributed by atoms with van der Waals surface area (Å²) in [4.78, 5) is 24.1. The maximum absolute atomic E-state index is 12.6. The maximum Gasteiger partial charge on any atom is 0.341 e. The highest BCUT2D eigenvalue weighted by atomic mass is 32.2. The van der Waals surface area contributed by atoms with Crippen LogP contribution in [0, 0.1) is 0 Å². The number of benzene rings is 1. The Balaban J connectivity index is 1.66. The molecule has 0 aliphatic heterocycles. The molecule has 0 radical (unpaired) electrons. The number of fused-ring (bicyclic) bond motifs is 1. The van der Waals surface area contributed by atoms with E-state index in [0.29, 0.717) is 27.2 Å². The smallest absolute Gasteiger partial charge is 0.341 e. The molecule has 0 aliphatic rings. The molecule has 3 N–H and O–H groups in total. The van der Waals surface area contributed by atoms with Crippen molar-refractivity contribution in [3.05, 3.63) is 69.6 Å². The number of hydrogen-bond donors (Lipinski definition) is 3. The van der Waals surface area contributed by atoms with Gasteiger partial charge >= 0.3 is 5.97 Å². The molecule has 12 heteroatoms. The van der Waals surface area contributed by atoms with E-state index in [-0.39, 0.29) is 6.54 Å². The van der Waals surface area contributed by atoms with Gasteiger partial charge in [0.15, 0.2) is 5.75 Å². The minimum absolute atomic E-state index is 0.0766. The molecule has 0 fully saturated rings. The summed E-state index contributed by atoms with van der Waals surface area (Å²) in [5.74, 6) is -2.17. The lowest BCUT2D eigenvalue weighted by Gasteiger charge is -2.10. The van der Waals surface area contributed by atoms with Gasteiger partial charge in [-0.3, -0.25) is 14.1 Å². The second kappa shape index (κ2) is 7.56. The molecule has 4 rings (SSSR count). The van der Waals surface area contributed by atoms with Gasteiger partial charge in [0.1, 0.15) is 5.56 Å². The molecule has 4 aromatic rings. The largest absolute Gasteiger partial charge is 0.502 e. The summed E-state index contributed by atoms with van der Waals surface area (Å²) >= 11 is 1.13. The minimum Gasteiger partial charge on any atom is -0.502 e. The van der Waals surface area contributed by atoms with E-state index < -0.39 is 32.9 Å². The van der Waals surface area contributed by atoms with E-state index in [0.717, 1.165) is 17.6 Å². The van der Waals surface area contributed by atoms with Crippen molar-refractivity contribution in [3.8, 4) is 11.4 Å². The first-order valence-electron chi connectivity index (χ1n) is 8.82. The van der Waals surface area contributed by atoms with Gasteiger partial charge in [0, 0.05) is 17.4 Å². The summed E-state index contributed by atoms with van der Waals surface area (Å²) in [5.41, 5.74) is 0.947. The lowest BCUT2D eigenvalue weighted by atomic mass is 10.2. The molecular formula is C19H16N4O6S2. The SMILES string of the molecule is CS(=O)(=O)Nc1ccc(-n2cc(Cn3c(=O)c(O)c(C(=O)O)c4sccc43)cn2)cc1. The first kappa shape index (κ1) is 20.6. The molecule has 10 nitrogen and oxygen atoms in total. The number of carboxylic acid groups (broad SMARTS) is 1. The number of carboxylic acids is 1. The number of aromatic nitrogens is 3. The Morgan fingerprint density at radius 2 is 1.94 bits per heavy atom. The predicted octanol–water partition coefficient (Wildman–Crippen LogP) is 2.07. The number of nitrogens with one attached hydrogen (secondary N) is 1. The van der Waals surface area contributed by atoms with Gasteiger partial charge in [-0.2, -0.15) is 5.10 Å². The number of carbonyl (C=O) groups is 1. The van der Waals surface area contributed by atoms with Crippen molar-refractivity contribution >= 4 is 43.2 Å². The maximum atomic E-state index is 12.6. The first-order chi connectivity index (χ1) is 14.6. The van der Waals surface area contributed by atoms with Crippen LogP contribution in [0.5, 0.6) is 5.75 Å². The summed E-state index contributed by atoms with van der Waals surface area (Å²) in [6, 6.07) is 8.19. The van der Waals surface area contributed by atoms with Gasteiger partial charge in [0.05, 0.1) is 34.9 Å². The summed E-state index contributed by atoms with van der Waals surface area (Å²) in [5, 5.41) is 25.4. The van der Waals surface area contributed by atoms with Gasteiger partial charge in [-0.05, 0) is 35.7 Å². The van der Waals surface area contributed by atoms with Crippen LogP contribution in [-0.2, 0) is 16.6 Å². The van der Waals surface area contributed by atoms with Crippen molar-refractivity contribution in [1.82, 2.24) is 14.3 Å². The van der Waals surface area contributed by atoms with Gasteiger partial charge in [0.25, 0.3) is 5.56 Å². The Labute approximate surface area is 179 Å². The fraction of sp³-hybridized carbons (Fsp3) is 0.105. The number of anilines is 1. The van der Waals surface area contributed by atoms with Crippen LogP contribution in [0.1, 0.15) is 15.9 Å². The van der Waals surface area contributed by atoms with Crippen molar-refractivity contribution in [2.75, 3.05) is 11.0 Å². The quantitative estimate of drug-likeness (QED) is 0.400. The van der Waals surface area contributed by atoms with Crippen LogP contribution in [0.2, 0.25) is 0 Å². The molecule has 3 heterocycles. The third-order valence-corrected chi connectivity index (χ3v) is 6.00. The summed E-state index contributed by atoms with van der Waals surface area (Å²) in [6.07, 6.45) is 4.30. The van der Waals surface area contributed by atoms with Crippen LogP contribution >= 0.6 is 11.3 Å². The number of pyridine rings is 1. The topological polar surface area (TPSA) is 144 Å². The Morgan fingerprint density at radius 3 is 2.58 bits per heavy atom. The first-order valence-corrected chi connectivity index (χ1v) is 11.6. The lowest BCUT2D eigenvalue weighted by Crippen LogP contribution is -2.22. The van der Waals surface area contributed by atoms with E-state index in [4.69, 9.17) is 0 Å². The van der Waals surface area contributed by atoms with Crippen LogP contribution < -0.4 is 10.3 Å². The molecule has 0 aliphatic carbocycles. The van der Waals surface area contributed by atoms with Gasteiger partial charge in [0.2, 0.25) is 10.0 Å². The number of aromatic carboxylic acids is 1. The Kier molecular flexibility index (Phi) is 5.03. The Hall–Kier alpha value is -3.64. The van der Waals surface area contributed by atoms with Crippen molar-refractivity contribution < 1.29 is 23.4 Å². The minimum atomic E-state index is -3.38. The Morgan fingerprint density at radius 1 is 1.23 bits per heavy atom. The van der Waals surface area contributed by atoms with Crippen molar-refractivity contribution in [3.63, 3.8) is 0 Å². The number of sulfonamides is 1. The van der Waals surface area contributed by atoms with Crippen LogP contribution in [0.15, 0.2) is 52.9 Å². The molecule has 31 heavy (non-hydrogen) atoms. The number of rotatable bonds is 6. The molecule has 0 bridgehead atoms. The number of thiophene rings is 1. The molecule has 0 amide bonds. The zero-order chi connectivity index (χ0) is 22.3. The molecule has 0 saturated heterocycles. The molecule has 0 spiro atoms. The van der Waals surface area contributed by atoms with Gasteiger partial charge in [-0.25, -0.2) is 17.9 Å². The summed E-state index contributed by atoms with van der Waals surface area (Å²) in [6.45, 7) is 0.0766. The fourth-order valence-corrected chi connectivity index (χ4v) is 4.67. The van der Waals surface area contributed by atoms with E-state index >= 15 is 0 Å². The zero-order valence-electron chi connectivity index (χ0n) is 16.0. The van der Waals surface area contributed by atoms with Crippen molar-refractivity contribution in [2.24, 2.45) is 0 Å². The molecule has 0 unspecified atom stereocenters. The van der Waals surface area contributed by atoms with E-state index in [1.807, 2.05) is 0 Å². The molecule has 3 aromatic heterocycles. The van der Waals surface area contributed by atoms with Crippen LogP contribution in [-0.4, -0.2) is 45.2 Å². The highest BCUT2D eigenvalue weighted by Crippen LogP contribution is 2.29. The highest BCUT2D eigenvalue weighted by molar-refractivity contribution is 7.92. The van der Waals surface area contributed by atoms with Crippen molar-refractivity contribution in [1.29, 1.82) is 0 Å². The average molecular weight is 460 g/mol. The molecule has 0 atom stereocenters.